The van der Waals surface area contributed by atoms with Crippen LogP contribution in [0, 0.1) is 0 Å². The van der Waals surface area contributed by atoms with Gasteiger partial charge in [-0.3, -0.25) is 0 Å². The van der Waals surface area contributed by atoms with E-state index in [9.17, 15) is 0 Å². The quantitative estimate of drug-likeness (QED) is 0.190. The zero-order chi connectivity index (χ0) is 33.8. The number of nitrogens with zero attached hydrogens (tertiary/aromatic N) is 1. The Hall–Kier alpha value is -5.86. The first-order chi connectivity index (χ1) is 24.3. The number of furan rings is 1. The summed E-state index contributed by atoms with van der Waals surface area (Å²) in [5, 5.41) is 2.29. The predicted octanol–water partition coefficient (Wildman–Crippen LogP) is 13.3. The maximum Gasteiger partial charge on any atom is 0.143 e. The zero-order valence-corrected chi connectivity index (χ0v) is 28.8. The van der Waals surface area contributed by atoms with E-state index in [1.165, 1.54) is 55.9 Å². The standard InChI is InChI=1S/C48H37NO/c1-47(2)39-21-8-5-14-33(39)36-18-12-23-41(44(36)47)49(42-24-13-19-37-34-15-6-9-22-40(34)48(3,4)45(37)42)31-28-26-30(27-29-31)32-17-11-20-38-35-16-7-10-25-43(35)50-46(32)38/h5-29H,1-4H3. The van der Waals surface area contributed by atoms with Crippen LogP contribution in [0.5, 0.6) is 0 Å². The van der Waals surface area contributed by atoms with Gasteiger partial charge in [-0.1, -0.05) is 149 Å². The van der Waals surface area contributed by atoms with Crippen molar-refractivity contribution in [3.63, 3.8) is 0 Å². The number of benzene rings is 7. The van der Waals surface area contributed by atoms with Crippen molar-refractivity contribution in [2.45, 2.75) is 38.5 Å². The summed E-state index contributed by atoms with van der Waals surface area (Å²) >= 11 is 0. The highest BCUT2D eigenvalue weighted by atomic mass is 16.3. The Kier molecular flexibility index (Phi) is 6.01. The second-order valence-electron chi connectivity index (χ2n) is 14.9. The van der Waals surface area contributed by atoms with E-state index in [1.807, 2.05) is 6.07 Å². The molecule has 0 saturated heterocycles. The average molecular weight is 644 g/mol. The SMILES string of the molecule is CC1(C)c2ccccc2-c2cccc(N(c3ccc(-c4cccc5c4oc4ccccc45)cc3)c3cccc4c3C(C)(C)c3ccccc3-4)c21. The predicted molar refractivity (Wildman–Crippen MR) is 209 cm³/mol. The van der Waals surface area contributed by atoms with Crippen molar-refractivity contribution >= 4 is 39.0 Å². The molecule has 1 aromatic heterocycles. The Morgan fingerprint density at radius 3 is 1.52 bits per heavy atom. The molecule has 50 heavy (non-hydrogen) atoms. The smallest absolute Gasteiger partial charge is 0.143 e. The molecule has 0 spiro atoms. The lowest BCUT2D eigenvalue weighted by Crippen LogP contribution is -2.23. The molecule has 0 bridgehead atoms. The van der Waals surface area contributed by atoms with Crippen LogP contribution in [-0.4, -0.2) is 0 Å². The molecule has 0 N–H and O–H groups in total. The van der Waals surface area contributed by atoms with Gasteiger partial charge in [0, 0.05) is 32.9 Å². The summed E-state index contributed by atoms with van der Waals surface area (Å²) in [6, 6.07) is 55.5. The van der Waals surface area contributed by atoms with Crippen molar-refractivity contribution in [1.82, 2.24) is 0 Å². The highest BCUT2D eigenvalue weighted by Crippen LogP contribution is 2.58. The third-order valence-corrected chi connectivity index (χ3v) is 11.4. The van der Waals surface area contributed by atoms with Gasteiger partial charge in [0.2, 0.25) is 0 Å². The van der Waals surface area contributed by atoms with Crippen molar-refractivity contribution in [3.8, 4) is 33.4 Å². The van der Waals surface area contributed by atoms with Crippen LogP contribution < -0.4 is 4.90 Å². The highest BCUT2D eigenvalue weighted by Gasteiger charge is 2.42. The van der Waals surface area contributed by atoms with Crippen LogP contribution in [0.2, 0.25) is 0 Å². The molecule has 10 rings (SSSR count). The third kappa shape index (κ3) is 3.91. The first-order valence-corrected chi connectivity index (χ1v) is 17.6. The molecule has 1 heterocycles. The van der Waals surface area contributed by atoms with Crippen molar-refractivity contribution in [2.75, 3.05) is 4.90 Å². The van der Waals surface area contributed by atoms with Gasteiger partial charge < -0.3 is 9.32 Å². The first-order valence-electron chi connectivity index (χ1n) is 17.6. The molecule has 0 aliphatic heterocycles. The Balaban J connectivity index is 1.20. The lowest BCUT2D eigenvalue weighted by Gasteiger charge is -2.35. The van der Waals surface area contributed by atoms with E-state index < -0.39 is 0 Å². The fraction of sp³-hybridized carbons (Fsp3) is 0.125. The second-order valence-corrected chi connectivity index (χ2v) is 14.9. The number of hydrogen-bond acceptors (Lipinski definition) is 2. The van der Waals surface area contributed by atoms with Gasteiger partial charge in [0.25, 0.3) is 0 Å². The fourth-order valence-corrected chi connectivity index (χ4v) is 9.18. The molecule has 2 heteroatoms. The van der Waals surface area contributed by atoms with Crippen LogP contribution in [0.25, 0.3) is 55.3 Å². The summed E-state index contributed by atoms with van der Waals surface area (Å²) in [5.74, 6) is 0. The molecular formula is C48H37NO. The van der Waals surface area contributed by atoms with E-state index in [-0.39, 0.29) is 10.8 Å². The van der Waals surface area contributed by atoms with E-state index in [4.69, 9.17) is 4.42 Å². The van der Waals surface area contributed by atoms with E-state index >= 15 is 0 Å². The number of anilines is 3. The molecule has 2 nitrogen and oxygen atoms in total. The minimum atomic E-state index is -0.173. The number of hydrogen-bond donors (Lipinski definition) is 0. The molecule has 0 unspecified atom stereocenters. The topological polar surface area (TPSA) is 16.4 Å². The average Bonchev–Trinajstić information content (AvgIpc) is 3.73. The summed E-state index contributed by atoms with van der Waals surface area (Å²) in [7, 11) is 0. The summed E-state index contributed by atoms with van der Waals surface area (Å²) in [4.78, 5) is 2.53. The van der Waals surface area contributed by atoms with Gasteiger partial charge in [0.05, 0.1) is 11.4 Å². The molecule has 7 aromatic carbocycles. The Bertz CT molecular complexity index is 2550. The Morgan fingerprint density at radius 2 is 0.900 bits per heavy atom. The third-order valence-electron chi connectivity index (χ3n) is 11.4. The Morgan fingerprint density at radius 1 is 0.420 bits per heavy atom. The number of rotatable bonds is 4. The van der Waals surface area contributed by atoms with Crippen molar-refractivity contribution in [3.05, 3.63) is 174 Å². The van der Waals surface area contributed by atoms with Crippen LogP contribution in [0.3, 0.4) is 0 Å². The van der Waals surface area contributed by atoms with Crippen molar-refractivity contribution < 1.29 is 4.42 Å². The normalized spacial score (nSPS) is 14.7. The van der Waals surface area contributed by atoms with Gasteiger partial charge in [-0.2, -0.15) is 0 Å². The number of para-hydroxylation sites is 2. The van der Waals surface area contributed by atoms with Crippen LogP contribution >= 0.6 is 0 Å². The maximum atomic E-state index is 6.45. The lowest BCUT2D eigenvalue weighted by atomic mass is 9.80. The molecule has 240 valence electrons. The minimum absolute atomic E-state index is 0.173. The molecule has 8 aromatic rings. The molecular weight excluding hydrogens is 607 g/mol. The van der Waals surface area contributed by atoms with Crippen LogP contribution in [0.1, 0.15) is 49.9 Å². The monoisotopic (exact) mass is 643 g/mol. The molecule has 0 radical (unpaired) electrons. The van der Waals surface area contributed by atoms with Gasteiger partial charge >= 0.3 is 0 Å². The molecule has 2 aliphatic rings. The van der Waals surface area contributed by atoms with E-state index in [0.29, 0.717) is 0 Å². The molecule has 0 saturated carbocycles. The largest absolute Gasteiger partial charge is 0.455 e. The van der Waals surface area contributed by atoms with Gasteiger partial charge in [-0.15, -0.1) is 0 Å². The fourth-order valence-electron chi connectivity index (χ4n) is 9.18. The van der Waals surface area contributed by atoms with Gasteiger partial charge in [0.15, 0.2) is 0 Å². The summed E-state index contributed by atoms with van der Waals surface area (Å²) in [6.45, 7) is 9.52. The molecule has 2 aliphatic carbocycles. The van der Waals surface area contributed by atoms with E-state index in [2.05, 4.69) is 178 Å². The maximum absolute atomic E-state index is 6.45. The van der Waals surface area contributed by atoms with Crippen LogP contribution in [0.15, 0.2) is 156 Å². The molecule has 0 atom stereocenters. The number of fused-ring (bicyclic) bond motifs is 9. The summed E-state index contributed by atoms with van der Waals surface area (Å²) < 4.78 is 6.45. The van der Waals surface area contributed by atoms with E-state index in [0.717, 1.165) is 38.8 Å². The highest BCUT2D eigenvalue weighted by molar-refractivity contribution is 6.09. The van der Waals surface area contributed by atoms with Crippen LogP contribution in [0.4, 0.5) is 17.1 Å². The second kappa shape index (κ2) is 10.3. The lowest BCUT2D eigenvalue weighted by molar-refractivity contribution is 0.656. The summed E-state index contributed by atoms with van der Waals surface area (Å²) in [6.07, 6.45) is 0. The van der Waals surface area contributed by atoms with Crippen molar-refractivity contribution in [1.29, 1.82) is 0 Å². The van der Waals surface area contributed by atoms with E-state index in [1.54, 1.807) is 0 Å². The van der Waals surface area contributed by atoms with Gasteiger partial charge in [-0.25, -0.2) is 0 Å². The zero-order valence-electron chi connectivity index (χ0n) is 28.8. The first kappa shape index (κ1) is 29.1. The summed E-state index contributed by atoms with van der Waals surface area (Å²) in [5.41, 5.74) is 18.1. The molecule has 0 amide bonds. The Labute approximate surface area is 293 Å². The van der Waals surface area contributed by atoms with Gasteiger partial charge in [0.1, 0.15) is 11.2 Å². The molecule has 0 fully saturated rings. The minimum Gasteiger partial charge on any atom is -0.455 e. The van der Waals surface area contributed by atoms with Crippen molar-refractivity contribution in [2.24, 2.45) is 0 Å². The van der Waals surface area contributed by atoms with Crippen LogP contribution in [-0.2, 0) is 10.8 Å². The van der Waals surface area contributed by atoms with Gasteiger partial charge in [-0.05, 0) is 80.4 Å².